The predicted octanol–water partition coefficient (Wildman–Crippen LogP) is 2.36. The van der Waals surface area contributed by atoms with Gasteiger partial charge in [0.1, 0.15) is 0 Å². The molecule has 0 saturated heterocycles. The molecule has 3 aliphatic carbocycles. The van der Waals surface area contributed by atoms with Crippen LogP contribution in [0.1, 0.15) is 33.6 Å². The topological polar surface area (TPSA) is 20.2 Å². The lowest BCUT2D eigenvalue weighted by Crippen LogP contribution is -2.49. The molecule has 0 aliphatic heterocycles. The molecule has 1 nitrogen and oxygen atoms in total. The van der Waals surface area contributed by atoms with E-state index in [1.165, 1.54) is 24.0 Å². The van der Waals surface area contributed by atoms with E-state index in [0.29, 0.717) is 11.3 Å². The minimum absolute atomic E-state index is 0.284. The van der Waals surface area contributed by atoms with Crippen LogP contribution >= 0.6 is 0 Å². The van der Waals surface area contributed by atoms with E-state index in [0.717, 1.165) is 5.92 Å². The number of hydrogen-bond donors (Lipinski definition) is 1. The van der Waals surface area contributed by atoms with Crippen molar-refractivity contribution in [3.05, 3.63) is 11.1 Å². The van der Waals surface area contributed by atoms with Crippen molar-refractivity contribution in [1.82, 2.24) is 0 Å². The van der Waals surface area contributed by atoms with Gasteiger partial charge in [-0.25, -0.2) is 0 Å². The van der Waals surface area contributed by atoms with E-state index < -0.39 is 0 Å². The molecule has 3 aliphatic rings. The second kappa shape index (κ2) is 2.35. The van der Waals surface area contributed by atoms with Gasteiger partial charge in [0.15, 0.2) is 0 Å². The molecule has 0 aromatic heterocycles. The van der Waals surface area contributed by atoms with Gasteiger partial charge < -0.3 is 5.11 Å². The van der Waals surface area contributed by atoms with Crippen molar-refractivity contribution in [3.63, 3.8) is 0 Å². The molecule has 1 saturated carbocycles. The highest BCUT2D eigenvalue weighted by Gasteiger charge is 2.52. The Balaban J connectivity index is 2.32. The maximum atomic E-state index is 9.23. The van der Waals surface area contributed by atoms with Crippen molar-refractivity contribution in [2.24, 2.45) is 17.3 Å². The molecule has 0 spiro atoms. The third-order valence-corrected chi connectivity index (χ3v) is 4.16. The highest BCUT2D eigenvalue weighted by Crippen LogP contribution is 2.60. The molecule has 1 N–H and O–H groups in total. The summed E-state index contributed by atoms with van der Waals surface area (Å²) in [6.07, 6.45) is 2.54. The lowest BCUT2D eigenvalue weighted by Gasteiger charge is -2.57. The first-order chi connectivity index (χ1) is 5.57. The van der Waals surface area contributed by atoms with Gasteiger partial charge in [0, 0.05) is 0 Å². The van der Waals surface area contributed by atoms with Crippen molar-refractivity contribution in [2.75, 3.05) is 6.61 Å². The fraction of sp³-hybridized carbons (Fsp3) is 0.818. The summed E-state index contributed by atoms with van der Waals surface area (Å²) in [6.45, 7) is 7.15. The van der Waals surface area contributed by atoms with Crippen molar-refractivity contribution in [1.29, 1.82) is 0 Å². The van der Waals surface area contributed by atoms with E-state index in [4.69, 9.17) is 0 Å². The molecule has 68 valence electrons. The molecular weight excluding hydrogens is 148 g/mol. The molecule has 0 amide bonds. The smallest absolute Gasteiger partial charge is 0.0647 e. The van der Waals surface area contributed by atoms with Crippen LogP contribution < -0.4 is 0 Å². The van der Waals surface area contributed by atoms with Crippen LogP contribution in [0.2, 0.25) is 0 Å². The number of rotatable bonds is 1. The lowest BCUT2D eigenvalue weighted by molar-refractivity contribution is -0.0167. The van der Waals surface area contributed by atoms with Gasteiger partial charge in [-0.05, 0) is 42.6 Å². The van der Waals surface area contributed by atoms with Gasteiger partial charge in [0.2, 0.25) is 0 Å². The molecule has 2 atom stereocenters. The molecule has 1 heteroatoms. The Morgan fingerprint density at radius 1 is 1.50 bits per heavy atom. The SMILES string of the molecule is CC1=C(CO)C2CC(C1)C2(C)C. The maximum Gasteiger partial charge on any atom is 0.0647 e. The van der Waals surface area contributed by atoms with Crippen LogP contribution in [0.25, 0.3) is 0 Å². The largest absolute Gasteiger partial charge is 0.392 e. The van der Waals surface area contributed by atoms with Crippen molar-refractivity contribution < 1.29 is 5.11 Å². The van der Waals surface area contributed by atoms with Crippen LogP contribution in [0.3, 0.4) is 0 Å². The van der Waals surface area contributed by atoms with Gasteiger partial charge >= 0.3 is 0 Å². The third kappa shape index (κ3) is 0.832. The zero-order valence-electron chi connectivity index (χ0n) is 8.22. The molecule has 3 rings (SSSR count). The monoisotopic (exact) mass is 166 g/mol. The first-order valence-electron chi connectivity index (χ1n) is 4.86. The number of allylic oxidation sites excluding steroid dienone is 1. The summed E-state index contributed by atoms with van der Waals surface area (Å²) in [6, 6.07) is 0. The van der Waals surface area contributed by atoms with Crippen molar-refractivity contribution in [3.8, 4) is 0 Å². The number of fused-ring (bicyclic) bond motifs is 1. The van der Waals surface area contributed by atoms with E-state index in [1.54, 1.807) is 0 Å². The van der Waals surface area contributed by atoms with Gasteiger partial charge in [-0.2, -0.15) is 0 Å². The van der Waals surface area contributed by atoms with E-state index in [2.05, 4.69) is 20.8 Å². The summed E-state index contributed by atoms with van der Waals surface area (Å²) >= 11 is 0. The summed E-state index contributed by atoms with van der Waals surface area (Å²) in [4.78, 5) is 0. The average Bonchev–Trinajstić information content (AvgIpc) is 2.03. The predicted molar refractivity (Wildman–Crippen MR) is 49.8 cm³/mol. The molecule has 0 radical (unpaired) electrons. The molecule has 0 aromatic carbocycles. The maximum absolute atomic E-state index is 9.23. The van der Waals surface area contributed by atoms with Gasteiger partial charge in [-0.1, -0.05) is 19.4 Å². The lowest BCUT2D eigenvalue weighted by atomic mass is 9.47. The Labute approximate surface area is 74.5 Å². The summed E-state index contributed by atoms with van der Waals surface area (Å²) in [5.41, 5.74) is 3.26. The minimum atomic E-state index is 0.284. The molecule has 0 aromatic rings. The quantitative estimate of drug-likeness (QED) is 0.593. The zero-order valence-corrected chi connectivity index (χ0v) is 8.22. The molecule has 1 fully saturated rings. The molecule has 12 heavy (non-hydrogen) atoms. The first kappa shape index (κ1) is 8.31. The van der Waals surface area contributed by atoms with Gasteiger partial charge in [0.05, 0.1) is 6.61 Å². The summed E-state index contributed by atoms with van der Waals surface area (Å²) in [5, 5.41) is 9.23. The number of hydrogen-bond acceptors (Lipinski definition) is 1. The van der Waals surface area contributed by atoms with E-state index in [-0.39, 0.29) is 6.61 Å². The van der Waals surface area contributed by atoms with Crippen LogP contribution in [0, 0.1) is 17.3 Å². The highest BCUT2D eigenvalue weighted by molar-refractivity contribution is 5.29. The zero-order chi connectivity index (χ0) is 8.93. The second-order valence-corrected chi connectivity index (χ2v) is 4.97. The Morgan fingerprint density at radius 2 is 2.17 bits per heavy atom. The van der Waals surface area contributed by atoms with E-state index in [1.807, 2.05) is 0 Å². The van der Waals surface area contributed by atoms with Crippen molar-refractivity contribution in [2.45, 2.75) is 33.6 Å². The van der Waals surface area contributed by atoms with Crippen LogP contribution in [0.15, 0.2) is 11.1 Å². The second-order valence-electron chi connectivity index (χ2n) is 4.97. The van der Waals surface area contributed by atoms with E-state index >= 15 is 0 Å². The van der Waals surface area contributed by atoms with Gasteiger partial charge in [0.25, 0.3) is 0 Å². The van der Waals surface area contributed by atoms with Crippen LogP contribution in [0.5, 0.6) is 0 Å². The Morgan fingerprint density at radius 3 is 2.58 bits per heavy atom. The summed E-state index contributed by atoms with van der Waals surface area (Å²) in [5.74, 6) is 1.57. The normalized spacial score (nSPS) is 38.0. The molecule has 2 unspecified atom stereocenters. The molecular formula is C11H18O. The molecule has 2 bridgehead atoms. The van der Waals surface area contributed by atoms with E-state index in [9.17, 15) is 5.11 Å². The van der Waals surface area contributed by atoms with Crippen LogP contribution in [0.4, 0.5) is 0 Å². The fourth-order valence-electron chi connectivity index (χ4n) is 3.00. The van der Waals surface area contributed by atoms with Gasteiger partial charge in [-0.15, -0.1) is 0 Å². The number of aliphatic hydroxyl groups excluding tert-OH is 1. The highest BCUT2D eigenvalue weighted by atomic mass is 16.3. The Bertz CT molecular complexity index is 237. The first-order valence-corrected chi connectivity index (χ1v) is 4.86. The molecule has 0 heterocycles. The summed E-state index contributed by atoms with van der Waals surface area (Å²) in [7, 11) is 0. The summed E-state index contributed by atoms with van der Waals surface area (Å²) < 4.78 is 0. The van der Waals surface area contributed by atoms with Gasteiger partial charge in [-0.3, -0.25) is 0 Å². The standard InChI is InChI=1S/C11H18O/c1-7-4-8-5-10(9(7)6-12)11(8,2)3/h8,10,12H,4-6H2,1-3H3. The Kier molecular flexibility index (Phi) is 1.63. The van der Waals surface area contributed by atoms with Crippen LogP contribution in [-0.2, 0) is 0 Å². The third-order valence-electron chi connectivity index (χ3n) is 4.16. The minimum Gasteiger partial charge on any atom is -0.392 e. The van der Waals surface area contributed by atoms with Crippen molar-refractivity contribution >= 4 is 0 Å². The Hall–Kier alpha value is -0.300. The fourth-order valence-corrected chi connectivity index (χ4v) is 3.00. The van der Waals surface area contributed by atoms with Crippen LogP contribution in [-0.4, -0.2) is 11.7 Å². The average molecular weight is 166 g/mol. The number of aliphatic hydroxyl groups is 1.